The smallest absolute Gasteiger partial charge is 0.257 e. The number of nitrogens with zero attached hydrogens (tertiary/aromatic N) is 3. The Hall–Kier alpha value is -2.31. The van der Waals surface area contributed by atoms with E-state index in [1.807, 2.05) is 27.7 Å². The van der Waals surface area contributed by atoms with E-state index in [-0.39, 0.29) is 28.5 Å². The zero-order valence-electron chi connectivity index (χ0n) is 24.9. The van der Waals surface area contributed by atoms with Crippen LogP contribution in [0.3, 0.4) is 0 Å². The molecule has 2 amide bonds. The minimum atomic E-state index is -3.70. The highest BCUT2D eigenvalue weighted by molar-refractivity contribution is 7.89. The van der Waals surface area contributed by atoms with E-state index in [4.69, 9.17) is 4.74 Å². The Labute approximate surface area is 248 Å². The summed E-state index contributed by atoms with van der Waals surface area (Å²) in [5.41, 5.74) is 1.96. The highest BCUT2D eigenvalue weighted by atomic mass is 32.2. The van der Waals surface area contributed by atoms with Crippen LogP contribution in [0.15, 0.2) is 29.2 Å². The van der Waals surface area contributed by atoms with Crippen molar-refractivity contribution in [2.24, 2.45) is 11.8 Å². The Balaban J connectivity index is 1.58. The van der Waals surface area contributed by atoms with Crippen LogP contribution in [0.4, 0.5) is 5.00 Å². The van der Waals surface area contributed by atoms with E-state index in [9.17, 15) is 18.0 Å². The van der Waals surface area contributed by atoms with E-state index in [0.29, 0.717) is 55.5 Å². The Morgan fingerprint density at radius 3 is 2.24 bits per heavy atom. The van der Waals surface area contributed by atoms with Gasteiger partial charge in [0.2, 0.25) is 10.0 Å². The van der Waals surface area contributed by atoms with Gasteiger partial charge in [-0.1, -0.05) is 34.6 Å². The van der Waals surface area contributed by atoms with Crippen LogP contribution in [0.25, 0.3) is 0 Å². The largest absolute Gasteiger partial charge is 0.378 e. The number of thiophene rings is 1. The Morgan fingerprint density at radius 2 is 1.66 bits per heavy atom. The maximum atomic E-state index is 13.7. The number of hydrogen-bond donors (Lipinski definition) is 1. The van der Waals surface area contributed by atoms with Gasteiger partial charge in [0, 0.05) is 49.7 Å². The average molecular weight is 605 g/mol. The molecular formula is C30H44N4O5S2. The van der Waals surface area contributed by atoms with Crippen molar-refractivity contribution < 1.29 is 22.7 Å². The van der Waals surface area contributed by atoms with Crippen LogP contribution in [0.1, 0.15) is 72.2 Å². The second-order valence-corrected chi connectivity index (χ2v) is 14.8. The van der Waals surface area contributed by atoms with Crippen molar-refractivity contribution in [2.75, 3.05) is 57.8 Å². The monoisotopic (exact) mass is 604 g/mol. The number of carbonyl (C=O) groups excluding carboxylic acids is 2. The Morgan fingerprint density at radius 1 is 1.02 bits per heavy atom. The first-order valence-electron chi connectivity index (χ1n) is 14.7. The zero-order valence-corrected chi connectivity index (χ0v) is 26.6. The number of hydrogen-bond acceptors (Lipinski definition) is 7. The van der Waals surface area contributed by atoms with E-state index in [0.717, 1.165) is 42.9 Å². The molecule has 0 radical (unpaired) electrons. The van der Waals surface area contributed by atoms with Gasteiger partial charge in [-0.2, -0.15) is 4.31 Å². The molecule has 2 aliphatic rings. The highest BCUT2D eigenvalue weighted by Crippen LogP contribution is 2.38. The number of carbonyl (C=O) groups is 2. The normalized spacial score (nSPS) is 16.4. The summed E-state index contributed by atoms with van der Waals surface area (Å²) >= 11 is 1.47. The van der Waals surface area contributed by atoms with Crippen molar-refractivity contribution in [2.45, 2.75) is 58.9 Å². The van der Waals surface area contributed by atoms with Gasteiger partial charge < -0.3 is 15.0 Å². The molecule has 0 bridgehead atoms. The number of anilines is 1. The molecule has 2 aliphatic heterocycles. The maximum absolute atomic E-state index is 13.7. The van der Waals surface area contributed by atoms with Gasteiger partial charge in [0.05, 0.1) is 23.7 Å². The van der Waals surface area contributed by atoms with Gasteiger partial charge in [-0.25, -0.2) is 8.42 Å². The van der Waals surface area contributed by atoms with Gasteiger partial charge in [-0.05, 0) is 61.1 Å². The molecule has 2 aromatic rings. The Bertz CT molecular complexity index is 1310. The standard InChI is InChI=1S/C30H44N4O5S2/c1-6-12-32-13-11-25-26(20-32)40-29(27(25)30(36)33-14-16-39-17-15-33)31-28(35)23-7-9-24(10-8-23)41(37,38)34(18-21(2)3)19-22(4)5/h7-10,21-22H,6,11-20H2,1-5H3,(H,31,35). The van der Waals surface area contributed by atoms with Crippen LogP contribution in [0, 0.1) is 11.8 Å². The predicted octanol–water partition coefficient (Wildman–Crippen LogP) is 4.54. The fraction of sp³-hybridized carbons (Fsp3) is 0.600. The number of ether oxygens (including phenoxy) is 1. The third-order valence-electron chi connectivity index (χ3n) is 7.31. The molecule has 41 heavy (non-hydrogen) atoms. The molecule has 0 unspecified atom stereocenters. The molecule has 11 heteroatoms. The van der Waals surface area contributed by atoms with Gasteiger partial charge in [0.25, 0.3) is 11.8 Å². The summed E-state index contributed by atoms with van der Waals surface area (Å²) in [5.74, 6) is -0.0562. The first-order valence-corrected chi connectivity index (χ1v) is 16.9. The van der Waals surface area contributed by atoms with Gasteiger partial charge in [-0.15, -0.1) is 11.3 Å². The number of nitrogens with one attached hydrogen (secondary N) is 1. The third-order valence-corrected chi connectivity index (χ3v) is 10.3. The molecule has 1 aromatic heterocycles. The molecule has 1 saturated heterocycles. The topological polar surface area (TPSA) is 99.3 Å². The van der Waals surface area contributed by atoms with Crippen molar-refractivity contribution in [3.8, 4) is 0 Å². The lowest BCUT2D eigenvalue weighted by Gasteiger charge is -2.29. The van der Waals surface area contributed by atoms with Crippen LogP contribution >= 0.6 is 11.3 Å². The predicted molar refractivity (Wildman–Crippen MR) is 163 cm³/mol. The lowest BCUT2D eigenvalue weighted by atomic mass is 10.0. The van der Waals surface area contributed by atoms with Crippen molar-refractivity contribution in [1.82, 2.24) is 14.1 Å². The SMILES string of the molecule is CCCN1CCc2c(sc(NC(=O)c3ccc(S(=O)(=O)N(CC(C)C)CC(C)C)cc3)c2C(=O)N2CCOCC2)C1. The number of sulfonamides is 1. The van der Waals surface area contributed by atoms with Crippen LogP contribution in [0.2, 0.25) is 0 Å². The van der Waals surface area contributed by atoms with Gasteiger partial charge in [0.1, 0.15) is 5.00 Å². The minimum Gasteiger partial charge on any atom is -0.378 e. The van der Waals surface area contributed by atoms with E-state index in [2.05, 4.69) is 17.1 Å². The van der Waals surface area contributed by atoms with Gasteiger partial charge in [0.15, 0.2) is 0 Å². The van der Waals surface area contributed by atoms with Crippen LogP contribution < -0.4 is 5.32 Å². The molecule has 226 valence electrons. The number of fused-ring (bicyclic) bond motifs is 1. The lowest BCUT2D eigenvalue weighted by Crippen LogP contribution is -2.41. The fourth-order valence-electron chi connectivity index (χ4n) is 5.39. The van der Waals surface area contributed by atoms with Crippen LogP contribution in [-0.4, -0.2) is 86.8 Å². The van der Waals surface area contributed by atoms with Crippen molar-refractivity contribution in [1.29, 1.82) is 0 Å². The highest BCUT2D eigenvalue weighted by Gasteiger charge is 2.32. The summed E-state index contributed by atoms with van der Waals surface area (Å²) in [5, 5.41) is 3.57. The Kier molecular flexibility index (Phi) is 10.6. The average Bonchev–Trinajstić information content (AvgIpc) is 3.29. The summed E-state index contributed by atoms with van der Waals surface area (Å²) < 4.78 is 33.8. The summed E-state index contributed by atoms with van der Waals surface area (Å²) in [6, 6.07) is 6.09. The molecule has 0 atom stereocenters. The molecular weight excluding hydrogens is 560 g/mol. The fourth-order valence-corrected chi connectivity index (χ4v) is 8.43. The minimum absolute atomic E-state index is 0.0677. The summed E-state index contributed by atoms with van der Waals surface area (Å²) in [7, 11) is -3.70. The molecule has 3 heterocycles. The van der Waals surface area contributed by atoms with Crippen LogP contribution in [-0.2, 0) is 27.7 Å². The number of morpholine rings is 1. The van der Waals surface area contributed by atoms with E-state index in [1.165, 1.54) is 27.8 Å². The zero-order chi connectivity index (χ0) is 29.7. The quantitative estimate of drug-likeness (QED) is 0.404. The summed E-state index contributed by atoms with van der Waals surface area (Å²) in [6.07, 6.45) is 1.82. The molecule has 0 aliphatic carbocycles. The van der Waals surface area contributed by atoms with Gasteiger partial charge in [-0.3, -0.25) is 14.5 Å². The van der Waals surface area contributed by atoms with Crippen molar-refractivity contribution >= 4 is 38.2 Å². The van der Waals surface area contributed by atoms with Crippen molar-refractivity contribution in [3.63, 3.8) is 0 Å². The van der Waals surface area contributed by atoms with E-state index >= 15 is 0 Å². The third kappa shape index (κ3) is 7.56. The summed E-state index contributed by atoms with van der Waals surface area (Å²) in [4.78, 5) is 32.6. The first kappa shape index (κ1) is 31.6. The molecule has 9 nitrogen and oxygen atoms in total. The molecule has 1 fully saturated rings. The number of benzene rings is 1. The number of rotatable bonds is 11. The lowest BCUT2D eigenvalue weighted by molar-refractivity contribution is 0.0302. The maximum Gasteiger partial charge on any atom is 0.257 e. The van der Waals surface area contributed by atoms with E-state index < -0.39 is 10.0 Å². The molecule has 4 rings (SSSR count). The molecule has 0 saturated carbocycles. The first-order chi connectivity index (χ1) is 19.5. The second kappa shape index (κ2) is 13.8. The molecule has 1 N–H and O–H groups in total. The van der Waals surface area contributed by atoms with Gasteiger partial charge >= 0.3 is 0 Å². The summed E-state index contributed by atoms with van der Waals surface area (Å²) in [6.45, 7) is 15.7. The van der Waals surface area contributed by atoms with Crippen LogP contribution in [0.5, 0.6) is 0 Å². The van der Waals surface area contributed by atoms with Crippen molar-refractivity contribution in [3.05, 3.63) is 45.8 Å². The molecule has 0 spiro atoms. The van der Waals surface area contributed by atoms with E-state index in [1.54, 1.807) is 17.0 Å². The molecule has 1 aromatic carbocycles. The second-order valence-electron chi connectivity index (χ2n) is 11.7. The number of amides is 2.